The van der Waals surface area contributed by atoms with Crippen LogP contribution in [0, 0.1) is 20.8 Å². The first-order chi connectivity index (χ1) is 14.9. The number of fused-ring (bicyclic) bond motifs is 1. The Morgan fingerprint density at radius 1 is 1.29 bits per heavy atom. The molecule has 0 N–H and O–H groups in total. The second-order valence-electron chi connectivity index (χ2n) is 8.16. The van der Waals surface area contributed by atoms with Crippen LogP contribution in [0.25, 0.3) is 15.5 Å². The van der Waals surface area contributed by atoms with Gasteiger partial charge in [0.15, 0.2) is 0 Å². The van der Waals surface area contributed by atoms with Crippen LogP contribution in [0.4, 0.5) is 0 Å². The minimum Gasteiger partial charge on any atom is -0.379 e. The number of pyridine rings is 1. The third-order valence-electron chi connectivity index (χ3n) is 5.84. The summed E-state index contributed by atoms with van der Waals surface area (Å²) in [5.41, 5.74) is 5.83. The van der Waals surface area contributed by atoms with Crippen molar-refractivity contribution in [1.82, 2.24) is 14.8 Å². The highest BCUT2D eigenvalue weighted by molar-refractivity contribution is 7.37. The molecule has 1 saturated heterocycles. The number of aryl methyl sites for hydroxylation is 3. The first-order valence-electron chi connectivity index (χ1n) is 10.6. The SMILES string of the molecule is Cc1ncc(/C=C/C(=O)N(C)Cc2sc3scc(C)c3c2C)cc1CN1CCOCC1. The number of nitrogens with zero attached hydrogens (tertiary/aromatic N) is 3. The van der Waals surface area contributed by atoms with Crippen molar-refractivity contribution in [2.75, 3.05) is 33.4 Å². The lowest BCUT2D eigenvalue weighted by Crippen LogP contribution is -2.35. The molecule has 164 valence electrons. The van der Waals surface area contributed by atoms with E-state index in [-0.39, 0.29) is 5.91 Å². The zero-order valence-corrected chi connectivity index (χ0v) is 20.2. The smallest absolute Gasteiger partial charge is 0.246 e. The lowest BCUT2D eigenvalue weighted by atomic mass is 10.1. The monoisotopic (exact) mass is 455 g/mol. The Kier molecular flexibility index (Phi) is 6.86. The number of rotatable bonds is 6. The van der Waals surface area contributed by atoms with Gasteiger partial charge in [-0.3, -0.25) is 14.7 Å². The van der Waals surface area contributed by atoms with Gasteiger partial charge in [-0.1, -0.05) is 0 Å². The topological polar surface area (TPSA) is 45.7 Å². The number of amides is 1. The van der Waals surface area contributed by atoms with Crippen molar-refractivity contribution >= 4 is 44.1 Å². The molecule has 31 heavy (non-hydrogen) atoms. The van der Waals surface area contributed by atoms with E-state index in [2.05, 4.69) is 35.2 Å². The fraction of sp³-hybridized carbons (Fsp3) is 0.417. The number of ether oxygens (including phenoxy) is 1. The van der Waals surface area contributed by atoms with Gasteiger partial charge in [0, 0.05) is 54.9 Å². The zero-order chi connectivity index (χ0) is 22.0. The van der Waals surface area contributed by atoms with E-state index in [0.717, 1.165) is 44.1 Å². The van der Waals surface area contributed by atoms with Crippen molar-refractivity contribution < 1.29 is 9.53 Å². The van der Waals surface area contributed by atoms with Crippen molar-refractivity contribution in [2.45, 2.75) is 33.9 Å². The molecule has 3 aromatic heterocycles. The summed E-state index contributed by atoms with van der Waals surface area (Å²) >= 11 is 3.59. The average Bonchev–Trinajstić information content (AvgIpc) is 3.28. The third-order valence-corrected chi connectivity index (χ3v) is 8.34. The largest absolute Gasteiger partial charge is 0.379 e. The predicted octanol–water partition coefficient (Wildman–Crippen LogP) is 4.79. The number of morpholine rings is 1. The number of aromatic nitrogens is 1. The molecule has 0 bridgehead atoms. The van der Waals surface area contributed by atoms with Crippen LogP contribution in [0.3, 0.4) is 0 Å². The molecule has 1 aliphatic rings. The van der Waals surface area contributed by atoms with Crippen LogP contribution in [0.5, 0.6) is 0 Å². The maximum absolute atomic E-state index is 12.7. The molecule has 1 amide bonds. The summed E-state index contributed by atoms with van der Waals surface area (Å²) in [4.78, 5) is 22.7. The second-order valence-corrected chi connectivity index (χ2v) is 10.4. The highest BCUT2D eigenvalue weighted by atomic mass is 32.2. The highest BCUT2D eigenvalue weighted by Gasteiger charge is 2.16. The number of hydrogen-bond donors (Lipinski definition) is 0. The van der Waals surface area contributed by atoms with Crippen LogP contribution < -0.4 is 0 Å². The van der Waals surface area contributed by atoms with E-state index in [9.17, 15) is 4.79 Å². The van der Waals surface area contributed by atoms with E-state index in [1.165, 1.54) is 31.0 Å². The van der Waals surface area contributed by atoms with Crippen molar-refractivity contribution in [1.29, 1.82) is 0 Å². The summed E-state index contributed by atoms with van der Waals surface area (Å²) < 4.78 is 6.78. The molecule has 1 fully saturated rings. The molecular weight excluding hydrogens is 426 g/mol. The summed E-state index contributed by atoms with van der Waals surface area (Å²) in [6.07, 6.45) is 5.36. The number of hydrogen-bond acceptors (Lipinski definition) is 6. The van der Waals surface area contributed by atoms with Gasteiger partial charge in [0.25, 0.3) is 0 Å². The van der Waals surface area contributed by atoms with Gasteiger partial charge in [-0.05, 0) is 60.5 Å². The average molecular weight is 456 g/mol. The van der Waals surface area contributed by atoms with Gasteiger partial charge in [-0.2, -0.15) is 0 Å². The van der Waals surface area contributed by atoms with E-state index in [1.807, 2.05) is 26.2 Å². The van der Waals surface area contributed by atoms with Gasteiger partial charge in [0.2, 0.25) is 5.91 Å². The van der Waals surface area contributed by atoms with Crippen LogP contribution >= 0.6 is 22.7 Å². The summed E-state index contributed by atoms with van der Waals surface area (Å²) in [5.74, 6) is 0.00295. The zero-order valence-electron chi connectivity index (χ0n) is 18.6. The molecule has 7 heteroatoms. The van der Waals surface area contributed by atoms with E-state index in [0.29, 0.717) is 6.54 Å². The molecule has 0 atom stereocenters. The van der Waals surface area contributed by atoms with Crippen molar-refractivity contribution in [3.63, 3.8) is 0 Å². The van der Waals surface area contributed by atoms with Crippen LogP contribution in [0.15, 0.2) is 23.7 Å². The molecule has 0 spiro atoms. The maximum atomic E-state index is 12.7. The lowest BCUT2D eigenvalue weighted by Gasteiger charge is -2.27. The Labute approximate surface area is 192 Å². The molecule has 0 aromatic carbocycles. The third kappa shape index (κ3) is 5.06. The van der Waals surface area contributed by atoms with Gasteiger partial charge in [-0.15, -0.1) is 22.7 Å². The molecule has 0 unspecified atom stereocenters. The molecule has 4 heterocycles. The van der Waals surface area contributed by atoms with E-state index in [1.54, 1.807) is 33.6 Å². The Morgan fingerprint density at radius 2 is 2.06 bits per heavy atom. The van der Waals surface area contributed by atoms with Crippen LogP contribution in [-0.4, -0.2) is 54.0 Å². The van der Waals surface area contributed by atoms with Gasteiger partial charge in [-0.25, -0.2) is 0 Å². The summed E-state index contributed by atoms with van der Waals surface area (Å²) in [6, 6.07) is 2.14. The van der Waals surface area contributed by atoms with Crippen LogP contribution in [-0.2, 0) is 22.6 Å². The number of carbonyl (C=O) groups is 1. The van der Waals surface area contributed by atoms with Crippen LogP contribution in [0.2, 0.25) is 0 Å². The van der Waals surface area contributed by atoms with Crippen LogP contribution in [0.1, 0.15) is 32.8 Å². The van der Waals surface area contributed by atoms with Crippen molar-refractivity contribution in [3.05, 3.63) is 56.5 Å². The van der Waals surface area contributed by atoms with E-state index >= 15 is 0 Å². The molecule has 1 aliphatic heterocycles. The molecule has 5 nitrogen and oxygen atoms in total. The Hall–Kier alpha value is -2.06. The molecule has 0 radical (unpaired) electrons. The first kappa shape index (κ1) is 22.1. The number of carbonyl (C=O) groups excluding carboxylic acids is 1. The summed E-state index contributed by atoms with van der Waals surface area (Å²) in [5, 5.41) is 3.57. The predicted molar refractivity (Wildman–Crippen MR) is 130 cm³/mol. The maximum Gasteiger partial charge on any atom is 0.246 e. The Balaban J connectivity index is 1.41. The molecule has 0 saturated carbocycles. The summed E-state index contributed by atoms with van der Waals surface area (Å²) in [7, 11) is 1.87. The lowest BCUT2D eigenvalue weighted by molar-refractivity contribution is -0.125. The molecule has 4 rings (SSSR count). The van der Waals surface area contributed by atoms with Gasteiger partial charge < -0.3 is 9.64 Å². The van der Waals surface area contributed by atoms with E-state index < -0.39 is 0 Å². The Morgan fingerprint density at radius 3 is 2.81 bits per heavy atom. The van der Waals surface area contributed by atoms with E-state index in [4.69, 9.17) is 4.74 Å². The van der Waals surface area contributed by atoms with Crippen molar-refractivity contribution in [3.8, 4) is 0 Å². The van der Waals surface area contributed by atoms with Gasteiger partial charge in [0.05, 0.1) is 23.8 Å². The highest BCUT2D eigenvalue weighted by Crippen LogP contribution is 2.38. The quantitative estimate of drug-likeness (QED) is 0.502. The van der Waals surface area contributed by atoms with Gasteiger partial charge in [0.1, 0.15) is 0 Å². The number of thiophene rings is 2. The molecule has 0 aliphatic carbocycles. The number of likely N-dealkylation sites (N-methyl/N-ethyl adjacent to an activating group) is 1. The van der Waals surface area contributed by atoms with Gasteiger partial charge >= 0.3 is 0 Å². The Bertz CT molecular complexity index is 1110. The molecule has 3 aromatic rings. The second kappa shape index (κ2) is 9.61. The summed E-state index contributed by atoms with van der Waals surface area (Å²) in [6.45, 7) is 11.3. The standard InChI is InChI=1S/C24H29N3O2S2/c1-16-15-30-24-23(16)17(2)21(31-24)14-26(4)22(28)6-5-19-11-20(18(3)25-12-19)13-27-7-9-29-10-8-27/h5-6,11-12,15H,7-10,13-14H2,1-4H3/b6-5+. The minimum absolute atomic E-state index is 0.00295. The fourth-order valence-corrected chi connectivity index (χ4v) is 6.49. The van der Waals surface area contributed by atoms with Crippen molar-refractivity contribution in [2.24, 2.45) is 0 Å². The first-order valence-corrected chi connectivity index (χ1v) is 12.3. The normalized spacial score (nSPS) is 15.2. The molecular formula is C24H29N3O2S2. The fourth-order valence-electron chi connectivity index (χ4n) is 3.86. The minimum atomic E-state index is 0.00295.